The van der Waals surface area contributed by atoms with E-state index in [1.807, 2.05) is 26.0 Å². The number of amides is 1. The van der Waals surface area contributed by atoms with Gasteiger partial charge in [-0.15, -0.1) is 0 Å². The number of aryl methyl sites for hydroxylation is 2. The number of carbonyl (C=O) groups is 1. The van der Waals surface area contributed by atoms with Crippen molar-refractivity contribution in [1.29, 1.82) is 0 Å². The van der Waals surface area contributed by atoms with Crippen LogP contribution in [-0.4, -0.2) is 15.3 Å². The van der Waals surface area contributed by atoms with Crippen molar-refractivity contribution >= 4 is 17.2 Å². The average molecular weight is 273 g/mol. The Morgan fingerprint density at radius 2 is 2.15 bits per heavy atom. The van der Waals surface area contributed by atoms with Gasteiger partial charge in [-0.05, 0) is 38.0 Å². The molecule has 106 valence electrons. The van der Waals surface area contributed by atoms with E-state index < -0.39 is 0 Å². The minimum absolute atomic E-state index is 0.138. The van der Waals surface area contributed by atoms with Gasteiger partial charge in [-0.1, -0.05) is 13.3 Å². The third kappa shape index (κ3) is 2.87. The molecule has 1 amide bonds. The summed E-state index contributed by atoms with van der Waals surface area (Å²) in [6.45, 7) is 5.70. The number of pyridine rings is 1. The average Bonchev–Trinajstić information content (AvgIpc) is 2.40. The lowest BCUT2D eigenvalue weighted by Crippen LogP contribution is -2.24. The van der Waals surface area contributed by atoms with E-state index in [1.54, 1.807) is 13.1 Å². The number of nitrogens with zero attached hydrogens (tertiary/aromatic N) is 2. The number of hydrogen-bond acceptors (Lipinski definition) is 3. The van der Waals surface area contributed by atoms with Crippen LogP contribution in [0, 0.1) is 13.8 Å². The van der Waals surface area contributed by atoms with Crippen LogP contribution in [0.5, 0.6) is 0 Å². The monoisotopic (exact) mass is 273 g/mol. The van der Waals surface area contributed by atoms with E-state index in [9.17, 15) is 9.59 Å². The second kappa shape index (κ2) is 5.86. The Labute approximate surface area is 117 Å². The van der Waals surface area contributed by atoms with Gasteiger partial charge in [-0.2, -0.15) is 0 Å². The second-order valence-electron chi connectivity index (χ2n) is 4.96. The van der Waals surface area contributed by atoms with E-state index in [1.165, 1.54) is 4.40 Å². The first-order valence-electron chi connectivity index (χ1n) is 6.82. The molecule has 2 aromatic rings. The molecule has 0 bridgehead atoms. The quantitative estimate of drug-likeness (QED) is 0.930. The number of rotatable bonds is 4. The van der Waals surface area contributed by atoms with Crippen LogP contribution in [0.2, 0.25) is 0 Å². The molecular weight excluding hydrogens is 254 g/mol. The van der Waals surface area contributed by atoms with Gasteiger partial charge in [0.15, 0.2) is 0 Å². The van der Waals surface area contributed by atoms with Crippen LogP contribution in [0.1, 0.15) is 37.4 Å². The molecule has 1 N–H and O–H groups in total. The lowest BCUT2D eigenvalue weighted by molar-refractivity contribution is -0.116. The van der Waals surface area contributed by atoms with E-state index in [0.717, 1.165) is 18.4 Å². The van der Waals surface area contributed by atoms with Gasteiger partial charge in [0, 0.05) is 12.6 Å². The number of fused-ring (bicyclic) bond motifs is 1. The van der Waals surface area contributed by atoms with Crippen molar-refractivity contribution in [3.63, 3.8) is 0 Å². The first-order chi connectivity index (χ1) is 9.52. The zero-order valence-corrected chi connectivity index (χ0v) is 12.1. The summed E-state index contributed by atoms with van der Waals surface area (Å²) in [5.74, 6) is -0.138. The molecule has 0 aromatic carbocycles. The smallest absolute Gasteiger partial charge is 0.281 e. The van der Waals surface area contributed by atoms with Crippen molar-refractivity contribution in [2.24, 2.45) is 0 Å². The molecule has 0 fully saturated rings. The fraction of sp³-hybridized carbons (Fsp3) is 0.400. The Balaban J connectivity index is 2.41. The molecule has 2 rings (SSSR count). The SMILES string of the molecule is CCCCC(=O)Nc1c(C)nc2cc(C)ccn2c1=O. The van der Waals surface area contributed by atoms with Crippen molar-refractivity contribution in [2.45, 2.75) is 40.0 Å². The summed E-state index contributed by atoms with van der Waals surface area (Å²) in [6.07, 6.45) is 3.86. The van der Waals surface area contributed by atoms with Crippen molar-refractivity contribution in [2.75, 3.05) is 5.32 Å². The fourth-order valence-electron chi connectivity index (χ4n) is 2.03. The first kappa shape index (κ1) is 14.2. The first-order valence-corrected chi connectivity index (χ1v) is 6.82. The number of nitrogens with one attached hydrogen (secondary N) is 1. The molecule has 0 atom stereocenters. The van der Waals surface area contributed by atoms with Crippen molar-refractivity contribution in [1.82, 2.24) is 9.38 Å². The standard InChI is InChI=1S/C15H19N3O2/c1-4-5-6-13(19)17-14-11(3)16-12-9-10(2)7-8-18(12)15(14)20/h7-9H,4-6H2,1-3H3,(H,17,19). The van der Waals surface area contributed by atoms with Gasteiger partial charge in [-0.3, -0.25) is 14.0 Å². The maximum absolute atomic E-state index is 12.4. The number of aromatic nitrogens is 2. The topological polar surface area (TPSA) is 63.5 Å². The molecule has 0 aliphatic carbocycles. The molecule has 0 spiro atoms. The molecule has 0 aliphatic heterocycles. The third-order valence-electron chi connectivity index (χ3n) is 3.19. The minimum atomic E-state index is -0.239. The Morgan fingerprint density at radius 3 is 2.85 bits per heavy atom. The summed E-state index contributed by atoms with van der Waals surface area (Å²) in [5, 5.41) is 2.69. The van der Waals surface area contributed by atoms with Crippen LogP contribution >= 0.6 is 0 Å². The molecule has 0 radical (unpaired) electrons. The molecule has 0 unspecified atom stereocenters. The Hall–Kier alpha value is -2.17. The van der Waals surface area contributed by atoms with Gasteiger partial charge in [0.1, 0.15) is 11.3 Å². The largest absolute Gasteiger partial charge is 0.320 e. The van der Waals surface area contributed by atoms with E-state index in [4.69, 9.17) is 0 Å². The van der Waals surface area contributed by atoms with E-state index in [2.05, 4.69) is 10.3 Å². The number of carbonyl (C=O) groups excluding carboxylic acids is 1. The summed E-state index contributed by atoms with van der Waals surface area (Å²) in [6, 6.07) is 3.69. The van der Waals surface area contributed by atoms with Crippen molar-refractivity contribution in [3.8, 4) is 0 Å². The maximum atomic E-state index is 12.4. The number of unbranched alkanes of at least 4 members (excludes halogenated alkanes) is 1. The third-order valence-corrected chi connectivity index (χ3v) is 3.19. The summed E-state index contributed by atoms with van der Waals surface area (Å²) < 4.78 is 1.45. The van der Waals surface area contributed by atoms with E-state index in [0.29, 0.717) is 17.8 Å². The normalized spacial score (nSPS) is 10.8. The predicted molar refractivity (Wildman–Crippen MR) is 79.1 cm³/mol. The van der Waals surface area contributed by atoms with Crippen molar-refractivity contribution in [3.05, 3.63) is 39.9 Å². The number of hydrogen-bond donors (Lipinski definition) is 1. The molecule has 0 aliphatic rings. The molecule has 2 heterocycles. The highest BCUT2D eigenvalue weighted by Crippen LogP contribution is 2.10. The second-order valence-corrected chi connectivity index (χ2v) is 4.96. The summed E-state index contributed by atoms with van der Waals surface area (Å²) in [4.78, 5) is 28.5. The van der Waals surface area contributed by atoms with Crippen LogP contribution in [0.25, 0.3) is 5.65 Å². The van der Waals surface area contributed by atoms with E-state index in [-0.39, 0.29) is 17.2 Å². The Morgan fingerprint density at radius 1 is 1.40 bits per heavy atom. The zero-order chi connectivity index (χ0) is 14.7. The Bertz CT molecular complexity index is 704. The highest BCUT2D eigenvalue weighted by atomic mass is 16.2. The van der Waals surface area contributed by atoms with Crippen LogP contribution in [0.15, 0.2) is 23.1 Å². The van der Waals surface area contributed by atoms with Crippen LogP contribution < -0.4 is 10.9 Å². The molecule has 5 nitrogen and oxygen atoms in total. The van der Waals surface area contributed by atoms with Gasteiger partial charge >= 0.3 is 0 Å². The van der Waals surface area contributed by atoms with Gasteiger partial charge in [0.2, 0.25) is 5.91 Å². The highest BCUT2D eigenvalue weighted by molar-refractivity contribution is 5.91. The van der Waals surface area contributed by atoms with Crippen molar-refractivity contribution < 1.29 is 4.79 Å². The van der Waals surface area contributed by atoms with Gasteiger partial charge in [-0.25, -0.2) is 4.98 Å². The fourth-order valence-corrected chi connectivity index (χ4v) is 2.03. The Kier molecular flexibility index (Phi) is 4.17. The van der Waals surface area contributed by atoms with Crippen LogP contribution in [0.4, 0.5) is 5.69 Å². The molecule has 5 heteroatoms. The predicted octanol–water partition coefficient (Wildman–Crippen LogP) is 2.44. The van der Waals surface area contributed by atoms with E-state index >= 15 is 0 Å². The zero-order valence-electron chi connectivity index (χ0n) is 12.1. The molecule has 0 saturated carbocycles. The van der Waals surface area contributed by atoms with Gasteiger partial charge in [0.25, 0.3) is 5.56 Å². The van der Waals surface area contributed by atoms with Gasteiger partial charge < -0.3 is 5.32 Å². The van der Waals surface area contributed by atoms with Gasteiger partial charge in [0.05, 0.1) is 5.69 Å². The van der Waals surface area contributed by atoms with Crippen LogP contribution in [0.3, 0.4) is 0 Å². The van der Waals surface area contributed by atoms with Crippen LogP contribution in [-0.2, 0) is 4.79 Å². The summed E-state index contributed by atoms with van der Waals surface area (Å²) in [5.41, 5.74) is 2.21. The summed E-state index contributed by atoms with van der Waals surface area (Å²) in [7, 11) is 0. The molecular formula is C15H19N3O2. The highest BCUT2D eigenvalue weighted by Gasteiger charge is 2.12. The molecule has 0 saturated heterocycles. The molecule has 2 aromatic heterocycles. The lowest BCUT2D eigenvalue weighted by Gasteiger charge is -2.09. The lowest BCUT2D eigenvalue weighted by atomic mass is 10.2. The minimum Gasteiger partial charge on any atom is -0.320 e. The number of anilines is 1. The maximum Gasteiger partial charge on any atom is 0.281 e. The molecule has 20 heavy (non-hydrogen) atoms. The summed E-state index contributed by atoms with van der Waals surface area (Å²) >= 11 is 0.